The van der Waals surface area contributed by atoms with Crippen LogP contribution in [0.25, 0.3) is 11.1 Å². The highest BCUT2D eigenvalue weighted by Crippen LogP contribution is 2.27. The third kappa shape index (κ3) is 4.27. The van der Waals surface area contributed by atoms with E-state index in [1.807, 2.05) is 6.07 Å². The van der Waals surface area contributed by atoms with Crippen LogP contribution in [0.1, 0.15) is 10.4 Å². The minimum atomic E-state index is -3.92. The van der Waals surface area contributed by atoms with Gasteiger partial charge in [-0.1, -0.05) is 35.9 Å². The lowest BCUT2D eigenvalue weighted by atomic mass is 10.1. The van der Waals surface area contributed by atoms with Crippen molar-refractivity contribution in [2.75, 3.05) is 11.8 Å². The first-order valence-corrected chi connectivity index (χ1v) is 9.96. The molecular weight excluding hydrogens is 402 g/mol. The van der Waals surface area contributed by atoms with Crippen LogP contribution in [0.15, 0.2) is 71.6 Å². The molecule has 0 saturated carbocycles. The molecule has 8 heteroatoms. The highest BCUT2D eigenvalue weighted by atomic mass is 35.5. The summed E-state index contributed by atoms with van der Waals surface area (Å²) in [4.78, 5) is 11.6. The normalized spacial score (nSPS) is 11.1. The van der Waals surface area contributed by atoms with Crippen molar-refractivity contribution >= 4 is 33.3 Å². The molecule has 3 aromatic rings. The number of aromatic hydroxyl groups is 1. The van der Waals surface area contributed by atoms with Crippen LogP contribution in [0.3, 0.4) is 0 Å². The van der Waals surface area contributed by atoms with Crippen molar-refractivity contribution in [3.8, 4) is 16.9 Å². The monoisotopic (exact) mass is 417 g/mol. The Labute approximate surface area is 167 Å². The summed E-state index contributed by atoms with van der Waals surface area (Å²) in [5.74, 6) is -1.11. The fourth-order valence-electron chi connectivity index (χ4n) is 2.60. The zero-order valence-electron chi connectivity index (χ0n) is 14.7. The van der Waals surface area contributed by atoms with Crippen LogP contribution in [0.4, 0.5) is 5.69 Å². The molecule has 3 aromatic carbocycles. The fraction of sp³-hybridized carbons (Fsp3) is 0.0500. The van der Waals surface area contributed by atoms with E-state index in [4.69, 9.17) is 11.6 Å². The van der Waals surface area contributed by atoms with E-state index in [-0.39, 0.29) is 21.9 Å². The number of nitrogens with one attached hydrogen (secondary N) is 1. The zero-order chi connectivity index (χ0) is 20.3. The molecule has 0 saturated heterocycles. The van der Waals surface area contributed by atoms with Gasteiger partial charge in [0.15, 0.2) is 0 Å². The molecule has 0 amide bonds. The first kappa shape index (κ1) is 19.7. The molecular formula is C20H16ClNO5S. The number of hydrogen-bond donors (Lipinski definition) is 2. The van der Waals surface area contributed by atoms with Gasteiger partial charge in [-0.15, -0.1) is 0 Å². The molecule has 0 aliphatic heterocycles. The summed E-state index contributed by atoms with van der Waals surface area (Å²) < 4.78 is 32.4. The first-order valence-electron chi connectivity index (χ1n) is 8.10. The van der Waals surface area contributed by atoms with E-state index in [0.717, 1.165) is 11.6 Å². The quantitative estimate of drug-likeness (QED) is 0.604. The molecule has 3 rings (SSSR count). The molecule has 0 fully saturated rings. The van der Waals surface area contributed by atoms with Gasteiger partial charge in [0, 0.05) is 11.1 Å². The Morgan fingerprint density at radius 3 is 2.32 bits per heavy atom. The zero-order valence-corrected chi connectivity index (χ0v) is 16.3. The number of methoxy groups -OCH3 is 1. The maximum absolute atomic E-state index is 12.7. The molecule has 0 bridgehead atoms. The molecule has 0 heterocycles. The molecule has 0 aliphatic rings. The van der Waals surface area contributed by atoms with Crippen LogP contribution in [-0.2, 0) is 14.8 Å². The maximum Gasteiger partial charge on any atom is 0.341 e. The Kier molecular flexibility index (Phi) is 5.58. The maximum atomic E-state index is 12.7. The average molecular weight is 418 g/mol. The summed E-state index contributed by atoms with van der Waals surface area (Å²) >= 11 is 6.00. The molecule has 28 heavy (non-hydrogen) atoms. The minimum absolute atomic E-state index is 0.0431. The summed E-state index contributed by atoms with van der Waals surface area (Å²) in [5, 5.41) is 10.5. The van der Waals surface area contributed by atoms with Gasteiger partial charge in [-0.05, 0) is 47.5 Å². The van der Waals surface area contributed by atoms with Crippen molar-refractivity contribution in [2.45, 2.75) is 4.90 Å². The van der Waals surface area contributed by atoms with Gasteiger partial charge in [0.25, 0.3) is 10.0 Å². The van der Waals surface area contributed by atoms with E-state index < -0.39 is 16.0 Å². The van der Waals surface area contributed by atoms with Crippen LogP contribution >= 0.6 is 11.6 Å². The smallest absolute Gasteiger partial charge is 0.341 e. The lowest BCUT2D eigenvalue weighted by Gasteiger charge is -2.11. The van der Waals surface area contributed by atoms with Crippen LogP contribution in [-0.4, -0.2) is 26.6 Å². The van der Waals surface area contributed by atoms with Crippen molar-refractivity contribution in [2.24, 2.45) is 0 Å². The van der Waals surface area contributed by atoms with E-state index in [9.17, 15) is 18.3 Å². The Bertz CT molecular complexity index is 1140. The number of carbonyl (C=O) groups is 1. The molecule has 6 nitrogen and oxygen atoms in total. The molecule has 144 valence electrons. The number of ether oxygens (including phenoxy) is 1. The Morgan fingerprint density at radius 2 is 1.68 bits per heavy atom. The van der Waals surface area contributed by atoms with Gasteiger partial charge in [0.2, 0.25) is 0 Å². The van der Waals surface area contributed by atoms with Crippen LogP contribution < -0.4 is 4.72 Å². The van der Waals surface area contributed by atoms with Crippen molar-refractivity contribution in [3.63, 3.8) is 0 Å². The van der Waals surface area contributed by atoms with E-state index in [1.165, 1.54) is 31.4 Å². The van der Waals surface area contributed by atoms with Gasteiger partial charge in [0.1, 0.15) is 11.3 Å². The SMILES string of the molecule is COC(=O)c1ccc(NS(=O)(=O)c2cccc(-c3cccc(Cl)c3)c2)cc1O. The molecule has 2 N–H and O–H groups in total. The van der Waals surface area contributed by atoms with E-state index >= 15 is 0 Å². The van der Waals surface area contributed by atoms with Crippen LogP contribution in [0.5, 0.6) is 5.75 Å². The lowest BCUT2D eigenvalue weighted by molar-refractivity contribution is 0.0597. The van der Waals surface area contributed by atoms with Crippen molar-refractivity contribution in [1.29, 1.82) is 0 Å². The summed E-state index contributed by atoms with van der Waals surface area (Å²) in [6.45, 7) is 0. The second kappa shape index (κ2) is 7.92. The molecule has 0 atom stereocenters. The predicted molar refractivity (Wildman–Crippen MR) is 107 cm³/mol. The number of sulfonamides is 1. The third-order valence-corrected chi connectivity index (χ3v) is 5.57. The second-order valence-corrected chi connectivity index (χ2v) is 7.99. The third-order valence-electron chi connectivity index (χ3n) is 3.96. The average Bonchev–Trinajstić information content (AvgIpc) is 2.67. The van der Waals surface area contributed by atoms with Gasteiger partial charge in [-0.3, -0.25) is 4.72 Å². The summed E-state index contributed by atoms with van der Waals surface area (Å²) in [6.07, 6.45) is 0. The number of halogens is 1. The van der Waals surface area contributed by atoms with E-state index in [1.54, 1.807) is 30.3 Å². The Hall–Kier alpha value is -3.03. The number of carbonyl (C=O) groups excluding carboxylic acids is 1. The summed E-state index contributed by atoms with van der Waals surface area (Å²) in [7, 11) is -2.73. The Morgan fingerprint density at radius 1 is 1.00 bits per heavy atom. The van der Waals surface area contributed by atoms with Crippen molar-refractivity contribution < 1.29 is 23.1 Å². The van der Waals surface area contributed by atoms with Crippen LogP contribution in [0.2, 0.25) is 5.02 Å². The number of esters is 1. The van der Waals surface area contributed by atoms with Gasteiger partial charge in [-0.25, -0.2) is 13.2 Å². The lowest BCUT2D eigenvalue weighted by Crippen LogP contribution is -2.13. The van der Waals surface area contributed by atoms with Gasteiger partial charge in [0.05, 0.1) is 17.7 Å². The van der Waals surface area contributed by atoms with Crippen molar-refractivity contribution in [3.05, 3.63) is 77.3 Å². The van der Waals surface area contributed by atoms with E-state index in [0.29, 0.717) is 10.6 Å². The molecule has 0 unspecified atom stereocenters. The number of benzene rings is 3. The number of hydrogen-bond acceptors (Lipinski definition) is 5. The fourth-order valence-corrected chi connectivity index (χ4v) is 3.89. The molecule has 0 spiro atoms. The van der Waals surface area contributed by atoms with Crippen molar-refractivity contribution in [1.82, 2.24) is 0 Å². The molecule has 0 aliphatic carbocycles. The number of rotatable bonds is 5. The van der Waals surface area contributed by atoms with Gasteiger partial charge < -0.3 is 9.84 Å². The number of phenols is 1. The second-order valence-electron chi connectivity index (χ2n) is 5.87. The predicted octanol–water partition coefficient (Wildman–Crippen LogP) is 4.30. The summed E-state index contributed by atoms with van der Waals surface area (Å²) in [5.41, 5.74) is 1.52. The highest BCUT2D eigenvalue weighted by Gasteiger charge is 2.17. The first-order chi connectivity index (χ1) is 13.3. The largest absolute Gasteiger partial charge is 0.507 e. The standard InChI is InChI=1S/C20H16ClNO5S/c1-27-20(24)18-9-8-16(12-19(18)23)22-28(25,26)17-7-3-5-14(11-17)13-4-2-6-15(21)10-13/h2-12,22-23H,1H3. The highest BCUT2D eigenvalue weighted by molar-refractivity contribution is 7.92. The minimum Gasteiger partial charge on any atom is -0.507 e. The molecule has 0 radical (unpaired) electrons. The number of phenolic OH excluding ortho intramolecular Hbond substituents is 1. The Balaban J connectivity index is 1.90. The topological polar surface area (TPSA) is 92.7 Å². The van der Waals surface area contributed by atoms with Crippen LogP contribution in [0, 0.1) is 0 Å². The van der Waals surface area contributed by atoms with Gasteiger partial charge in [-0.2, -0.15) is 0 Å². The van der Waals surface area contributed by atoms with Gasteiger partial charge >= 0.3 is 5.97 Å². The molecule has 0 aromatic heterocycles. The number of anilines is 1. The van der Waals surface area contributed by atoms with E-state index in [2.05, 4.69) is 9.46 Å². The summed E-state index contributed by atoms with van der Waals surface area (Å²) in [6, 6.07) is 17.3.